The van der Waals surface area contributed by atoms with Gasteiger partial charge in [-0.05, 0) is 113 Å². The van der Waals surface area contributed by atoms with Crippen LogP contribution in [0.5, 0.6) is 0 Å². The number of nitrogens with one attached hydrogen (secondary N) is 2. The van der Waals surface area contributed by atoms with Crippen LogP contribution in [0.4, 0.5) is 22.7 Å². The monoisotopic (exact) mass is 794 g/mol. The summed E-state index contributed by atoms with van der Waals surface area (Å²) >= 11 is 10.7. The number of hydrogen-bond donors (Lipinski definition) is 2. The summed E-state index contributed by atoms with van der Waals surface area (Å²) in [5, 5.41) is 7.90. The summed E-state index contributed by atoms with van der Waals surface area (Å²) in [6, 6.07) is 43.9. The Morgan fingerprint density at radius 3 is 1.76 bits per heavy atom. The fourth-order valence-corrected chi connectivity index (χ4v) is 8.12. The zero-order chi connectivity index (χ0) is 37.3. The zero-order valence-corrected chi connectivity index (χ0v) is 32.5. The number of carbonyl (C=O) groups excluding carboxylic acids is 2. The van der Waals surface area contributed by atoms with Gasteiger partial charge in [0.2, 0.25) is 0 Å². The van der Waals surface area contributed by atoms with Crippen LogP contribution in [0.2, 0.25) is 5.02 Å². The predicted octanol–water partition coefficient (Wildman–Crippen LogP) is 12.2. The molecule has 6 nitrogen and oxygen atoms in total. The smallest absolute Gasteiger partial charge is 0.262 e. The number of carbonyl (C=O) groups is 2. The molecule has 2 amide bonds. The van der Waals surface area contributed by atoms with Crippen molar-refractivity contribution in [3.63, 3.8) is 0 Å². The molecule has 6 aromatic rings. The van der Waals surface area contributed by atoms with Crippen molar-refractivity contribution in [1.29, 1.82) is 0 Å². The average molecular weight is 796 g/mol. The quantitative estimate of drug-likeness (QED) is 0.153. The minimum atomic E-state index is -0.496. The number of rotatable bonds is 9. The van der Waals surface area contributed by atoms with E-state index in [9.17, 15) is 9.59 Å². The number of nitrogens with zero attached hydrogens (tertiary/aromatic N) is 2. The Labute approximate surface area is 329 Å². The summed E-state index contributed by atoms with van der Waals surface area (Å²) in [6.45, 7) is 4.33. The number of anilines is 4. The van der Waals surface area contributed by atoms with E-state index < -0.39 is 12.3 Å². The van der Waals surface area contributed by atoms with Gasteiger partial charge < -0.3 is 10.6 Å². The molecule has 2 heterocycles. The normalized spacial score (nSPS) is 16.4. The van der Waals surface area contributed by atoms with Crippen molar-refractivity contribution in [3.8, 4) is 11.1 Å². The molecule has 0 aromatic heterocycles. The Balaban J connectivity index is 1.25. The number of amides is 2. The molecule has 2 N–H and O–H groups in total. The van der Waals surface area contributed by atoms with Gasteiger partial charge in [0.25, 0.3) is 11.8 Å². The number of fused-ring (bicyclic) bond motifs is 2. The van der Waals surface area contributed by atoms with E-state index in [0.717, 1.165) is 80.7 Å². The zero-order valence-electron chi connectivity index (χ0n) is 30.2. The fourth-order valence-electron chi connectivity index (χ4n) is 7.63. The molecule has 0 bridgehead atoms. The van der Waals surface area contributed by atoms with Crippen LogP contribution in [0.15, 0.2) is 138 Å². The first-order chi connectivity index (χ1) is 26.3. The number of para-hydroxylation sites is 2. The molecular weight excluding hydrogens is 756 g/mol. The van der Waals surface area contributed by atoms with Crippen LogP contribution in [0.3, 0.4) is 0 Å². The van der Waals surface area contributed by atoms with Crippen LogP contribution in [0.1, 0.15) is 82.0 Å². The van der Waals surface area contributed by atoms with E-state index in [1.54, 1.807) is 0 Å². The number of aryl methyl sites for hydroxylation is 2. The molecule has 270 valence electrons. The molecule has 0 saturated heterocycles. The predicted molar refractivity (Wildman–Crippen MR) is 225 cm³/mol. The largest absolute Gasteiger partial charge is 0.360 e. The van der Waals surface area contributed by atoms with Gasteiger partial charge in [-0.1, -0.05) is 115 Å². The number of hydrogen-bond acceptors (Lipinski definition) is 4. The highest BCUT2D eigenvalue weighted by molar-refractivity contribution is 9.10. The Morgan fingerprint density at radius 2 is 1.13 bits per heavy atom. The standard InChI is InChI=1S/C46H40BrClN4O2/c1-3-9-29-15-23-34(24-16-29)51-44(50-42-14-8-5-11-36(42)45(51)53)32-20-26-40(48)39(27-32)38-28-35(25-19-30(38)10-4-2)52-43(31-17-21-33(47)22-18-31)49-41-13-7-6-12-37(41)46(52)54/h5-8,11-28,43-44,49-50H,3-4,9-10H2,1-2H3. The van der Waals surface area contributed by atoms with Crippen LogP contribution in [0.25, 0.3) is 11.1 Å². The number of benzene rings is 6. The first-order valence-corrected chi connectivity index (χ1v) is 19.7. The van der Waals surface area contributed by atoms with Gasteiger partial charge in [0.05, 0.1) is 11.1 Å². The summed E-state index contributed by atoms with van der Waals surface area (Å²) in [7, 11) is 0. The summed E-state index contributed by atoms with van der Waals surface area (Å²) < 4.78 is 0.964. The minimum Gasteiger partial charge on any atom is -0.360 e. The van der Waals surface area contributed by atoms with Crippen molar-refractivity contribution >= 4 is 62.1 Å². The van der Waals surface area contributed by atoms with Crippen LogP contribution in [-0.2, 0) is 12.8 Å². The van der Waals surface area contributed by atoms with Gasteiger partial charge in [0, 0.05) is 37.8 Å². The van der Waals surface area contributed by atoms with E-state index in [-0.39, 0.29) is 11.8 Å². The summed E-state index contributed by atoms with van der Waals surface area (Å²) in [5.74, 6) is -0.159. The second-order valence-corrected chi connectivity index (χ2v) is 15.2. The lowest BCUT2D eigenvalue weighted by atomic mass is 9.92. The van der Waals surface area contributed by atoms with Crippen LogP contribution in [-0.4, -0.2) is 11.8 Å². The molecule has 2 aliphatic rings. The van der Waals surface area contributed by atoms with Crippen LogP contribution >= 0.6 is 27.5 Å². The highest BCUT2D eigenvalue weighted by Crippen LogP contribution is 2.43. The lowest BCUT2D eigenvalue weighted by molar-refractivity contribution is 0.0967. The van der Waals surface area contributed by atoms with Gasteiger partial charge in [-0.3, -0.25) is 19.4 Å². The Kier molecular flexibility index (Phi) is 10.0. The van der Waals surface area contributed by atoms with E-state index in [2.05, 4.69) is 70.7 Å². The topological polar surface area (TPSA) is 64.7 Å². The third kappa shape index (κ3) is 6.67. The van der Waals surface area contributed by atoms with Crippen LogP contribution < -0.4 is 20.4 Å². The van der Waals surface area contributed by atoms with Crippen molar-refractivity contribution in [2.45, 2.75) is 51.9 Å². The Morgan fingerprint density at radius 1 is 0.574 bits per heavy atom. The van der Waals surface area contributed by atoms with E-state index in [0.29, 0.717) is 16.1 Å². The van der Waals surface area contributed by atoms with E-state index in [4.69, 9.17) is 11.6 Å². The maximum Gasteiger partial charge on any atom is 0.262 e. The average Bonchev–Trinajstić information content (AvgIpc) is 3.19. The lowest BCUT2D eigenvalue weighted by Gasteiger charge is -2.39. The highest BCUT2D eigenvalue weighted by atomic mass is 79.9. The third-order valence-electron chi connectivity index (χ3n) is 10.3. The van der Waals surface area contributed by atoms with E-state index >= 15 is 0 Å². The third-order valence-corrected chi connectivity index (χ3v) is 11.1. The molecule has 8 rings (SSSR count). The van der Waals surface area contributed by atoms with Crippen molar-refractivity contribution in [3.05, 3.63) is 176 Å². The van der Waals surface area contributed by atoms with Gasteiger partial charge in [0.15, 0.2) is 0 Å². The first-order valence-electron chi connectivity index (χ1n) is 18.5. The van der Waals surface area contributed by atoms with Gasteiger partial charge in [-0.25, -0.2) is 0 Å². The molecule has 54 heavy (non-hydrogen) atoms. The molecule has 0 radical (unpaired) electrons. The molecule has 0 spiro atoms. The summed E-state index contributed by atoms with van der Waals surface area (Å²) in [5.41, 5.74) is 10.4. The van der Waals surface area contributed by atoms with Gasteiger partial charge in [0.1, 0.15) is 12.3 Å². The molecular formula is C46H40BrClN4O2. The second-order valence-electron chi connectivity index (χ2n) is 13.8. The van der Waals surface area contributed by atoms with Gasteiger partial charge >= 0.3 is 0 Å². The van der Waals surface area contributed by atoms with Crippen molar-refractivity contribution in [2.24, 2.45) is 0 Å². The molecule has 2 atom stereocenters. The van der Waals surface area contributed by atoms with Crippen LogP contribution in [0, 0.1) is 0 Å². The summed E-state index contributed by atoms with van der Waals surface area (Å²) in [6.07, 6.45) is 2.85. The number of halogens is 2. The molecule has 2 aliphatic heterocycles. The van der Waals surface area contributed by atoms with E-state index in [1.807, 2.05) is 113 Å². The van der Waals surface area contributed by atoms with Crippen molar-refractivity contribution < 1.29 is 9.59 Å². The fraction of sp³-hybridized carbons (Fsp3) is 0.174. The SMILES string of the molecule is CCCc1ccc(N2C(=O)c3ccccc3NC2c2ccc(Cl)c(-c3cc(N4C(=O)c5ccccc5NC4c4ccc(Br)cc4)ccc3CCC)c2)cc1. The lowest BCUT2D eigenvalue weighted by Crippen LogP contribution is -2.43. The molecule has 2 unspecified atom stereocenters. The van der Waals surface area contributed by atoms with Crippen molar-refractivity contribution in [2.75, 3.05) is 20.4 Å². The van der Waals surface area contributed by atoms with Gasteiger partial charge in [-0.15, -0.1) is 0 Å². The first kappa shape index (κ1) is 35.6. The molecule has 0 aliphatic carbocycles. The Bertz CT molecular complexity index is 2360. The van der Waals surface area contributed by atoms with Gasteiger partial charge in [-0.2, -0.15) is 0 Å². The molecule has 0 saturated carbocycles. The molecule has 6 aromatic carbocycles. The second kappa shape index (κ2) is 15.2. The maximum atomic E-state index is 14.4. The molecule has 8 heteroatoms. The molecule has 0 fully saturated rings. The minimum absolute atomic E-state index is 0.0712. The maximum absolute atomic E-state index is 14.4. The summed E-state index contributed by atoms with van der Waals surface area (Å²) in [4.78, 5) is 32.4. The van der Waals surface area contributed by atoms with E-state index in [1.165, 1.54) is 5.56 Å². The highest BCUT2D eigenvalue weighted by Gasteiger charge is 2.36. The van der Waals surface area contributed by atoms with Crippen molar-refractivity contribution in [1.82, 2.24) is 0 Å². The Hall–Kier alpha value is -5.37.